The van der Waals surface area contributed by atoms with Gasteiger partial charge in [-0.05, 0) is 22.0 Å². The monoisotopic (exact) mass is 294 g/mol. The molecule has 0 radical (unpaired) electrons. The number of halogens is 3. The van der Waals surface area contributed by atoms with Gasteiger partial charge in [-0.25, -0.2) is 4.98 Å². The van der Waals surface area contributed by atoms with Crippen molar-refractivity contribution in [3.8, 4) is 0 Å². The summed E-state index contributed by atoms with van der Waals surface area (Å²) in [6.45, 7) is -0.153. The lowest BCUT2D eigenvalue weighted by Crippen LogP contribution is -1.83. The van der Waals surface area contributed by atoms with Crippen LogP contribution in [0.5, 0.6) is 0 Å². The Morgan fingerprint density at radius 3 is 2.79 bits per heavy atom. The molecular weight excluding hydrogens is 291 g/mol. The highest BCUT2D eigenvalue weighted by molar-refractivity contribution is 9.10. The van der Waals surface area contributed by atoms with Crippen LogP contribution in [0.2, 0.25) is 10.0 Å². The van der Waals surface area contributed by atoms with Gasteiger partial charge < -0.3 is 10.1 Å². The Bertz CT molecular complexity index is 498. The molecule has 1 heterocycles. The molecule has 0 atom stereocenters. The van der Waals surface area contributed by atoms with Crippen LogP contribution < -0.4 is 0 Å². The van der Waals surface area contributed by atoms with Gasteiger partial charge in [0, 0.05) is 4.47 Å². The molecule has 0 amide bonds. The second kappa shape index (κ2) is 3.70. The maximum absolute atomic E-state index is 8.89. The van der Waals surface area contributed by atoms with Gasteiger partial charge in [-0.15, -0.1) is 0 Å². The first kappa shape index (κ1) is 10.2. The minimum atomic E-state index is -0.153. The summed E-state index contributed by atoms with van der Waals surface area (Å²) in [5.74, 6) is 0.469. The second-order valence-electron chi connectivity index (χ2n) is 2.72. The van der Waals surface area contributed by atoms with E-state index in [0.29, 0.717) is 31.4 Å². The first-order valence-electron chi connectivity index (χ1n) is 3.76. The average Bonchev–Trinajstić information content (AvgIpc) is 2.57. The second-order valence-corrected chi connectivity index (χ2v) is 4.33. The molecule has 1 aromatic carbocycles. The summed E-state index contributed by atoms with van der Waals surface area (Å²) in [6, 6.07) is 1.75. The van der Waals surface area contributed by atoms with Crippen LogP contribution in [0, 0.1) is 0 Å². The molecule has 74 valence electrons. The van der Waals surface area contributed by atoms with Crippen LogP contribution in [0.4, 0.5) is 0 Å². The highest BCUT2D eigenvalue weighted by Crippen LogP contribution is 2.35. The van der Waals surface area contributed by atoms with Crippen LogP contribution in [0.15, 0.2) is 10.5 Å². The number of benzene rings is 1. The number of H-pyrrole nitrogens is 1. The Hall–Kier alpha value is -0.290. The molecule has 2 rings (SSSR count). The van der Waals surface area contributed by atoms with Crippen molar-refractivity contribution in [1.82, 2.24) is 9.97 Å². The molecule has 2 aromatic rings. The molecule has 14 heavy (non-hydrogen) atoms. The number of aliphatic hydroxyl groups is 1. The largest absolute Gasteiger partial charge is 0.388 e. The summed E-state index contributed by atoms with van der Waals surface area (Å²) in [4.78, 5) is 7.00. The van der Waals surface area contributed by atoms with E-state index in [1.165, 1.54) is 0 Å². The number of aromatic nitrogens is 2. The maximum atomic E-state index is 8.89. The molecule has 0 aliphatic heterocycles. The van der Waals surface area contributed by atoms with Gasteiger partial charge in [-0.3, -0.25) is 0 Å². The molecule has 0 aliphatic rings. The summed E-state index contributed by atoms with van der Waals surface area (Å²) < 4.78 is 0.688. The van der Waals surface area contributed by atoms with Gasteiger partial charge in [0.15, 0.2) is 0 Å². The van der Waals surface area contributed by atoms with Crippen LogP contribution in [-0.2, 0) is 6.61 Å². The van der Waals surface area contributed by atoms with Crippen LogP contribution in [0.1, 0.15) is 5.82 Å². The smallest absolute Gasteiger partial charge is 0.133 e. The van der Waals surface area contributed by atoms with E-state index < -0.39 is 0 Å². The molecular formula is C8H5BrCl2N2O. The van der Waals surface area contributed by atoms with Crippen molar-refractivity contribution in [2.45, 2.75) is 6.61 Å². The number of nitrogens with zero attached hydrogens (tertiary/aromatic N) is 1. The highest BCUT2D eigenvalue weighted by atomic mass is 79.9. The van der Waals surface area contributed by atoms with Gasteiger partial charge in [0.2, 0.25) is 0 Å². The topological polar surface area (TPSA) is 48.9 Å². The molecule has 0 saturated heterocycles. The molecule has 2 N–H and O–H groups in total. The molecule has 0 spiro atoms. The zero-order valence-corrected chi connectivity index (χ0v) is 9.91. The van der Waals surface area contributed by atoms with Crippen molar-refractivity contribution in [3.63, 3.8) is 0 Å². The third kappa shape index (κ3) is 1.52. The lowest BCUT2D eigenvalue weighted by Gasteiger charge is -1.98. The number of rotatable bonds is 1. The molecule has 1 aromatic heterocycles. The number of nitrogens with one attached hydrogen (secondary N) is 1. The Morgan fingerprint density at radius 1 is 1.43 bits per heavy atom. The van der Waals surface area contributed by atoms with Gasteiger partial charge in [-0.2, -0.15) is 0 Å². The van der Waals surface area contributed by atoms with Gasteiger partial charge >= 0.3 is 0 Å². The lowest BCUT2D eigenvalue weighted by atomic mass is 10.3. The van der Waals surface area contributed by atoms with Crippen LogP contribution in [-0.4, -0.2) is 15.1 Å². The SMILES string of the molecule is OCc1nc2cc(Br)c(Cl)c(Cl)c2[nH]1. The normalized spacial score (nSPS) is 11.1. The van der Waals surface area contributed by atoms with Crippen LogP contribution >= 0.6 is 39.1 Å². The minimum absolute atomic E-state index is 0.153. The van der Waals surface area contributed by atoms with E-state index >= 15 is 0 Å². The predicted octanol–water partition coefficient (Wildman–Crippen LogP) is 3.12. The van der Waals surface area contributed by atoms with Crippen LogP contribution in [0.25, 0.3) is 11.0 Å². The Morgan fingerprint density at radius 2 is 2.14 bits per heavy atom. The van der Waals surface area contributed by atoms with Crippen molar-refractivity contribution < 1.29 is 5.11 Å². The molecule has 0 aliphatic carbocycles. The number of hydrogen-bond acceptors (Lipinski definition) is 2. The molecule has 0 bridgehead atoms. The molecule has 3 nitrogen and oxygen atoms in total. The summed E-state index contributed by atoms with van der Waals surface area (Å²) in [7, 11) is 0. The van der Waals surface area contributed by atoms with Gasteiger partial charge in [0.25, 0.3) is 0 Å². The highest BCUT2D eigenvalue weighted by Gasteiger charge is 2.11. The van der Waals surface area contributed by atoms with Gasteiger partial charge in [0.1, 0.15) is 12.4 Å². The molecule has 0 saturated carbocycles. The van der Waals surface area contributed by atoms with E-state index in [-0.39, 0.29) is 6.61 Å². The fourth-order valence-corrected chi connectivity index (χ4v) is 2.11. The Labute approximate surface area is 98.2 Å². The number of imidazole rings is 1. The van der Waals surface area contributed by atoms with Crippen molar-refractivity contribution >= 4 is 50.2 Å². The third-order valence-corrected chi connectivity index (χ3v) is 3.54. The number of hydrogen-bond donors (Lipinski definition) is 2. The predicted molar refractivity (Wildman–Crippen MR) is 59.7 cm³/mol. The van der Waals surface area contributed by atoms with E-state index in [1.807, 2.05) is 0 Å². The fraction of sp³-hybridized carbons (Fsp3) is 0.125. The maximum Gasteiger partial charge on any atom is 0.133 e. The Kier molecular flexibility index (Phi) is 2.70. The van der Waals surface area contributed by atoms with E-state index in [2.05, 4.69) is 25.9 Å². The van der Waals surface area contributed by atoms with E-state index in [4.69, 9.17) is 28.3 Å². The minimum Gasteiger partial charge on any atom is -0.388 e. The van der Waals surface area contributed by atoms with Crippen molar-refractivity contribution in [1.29, 1.82) is 0 Å². The summed E-state index contributed by atoms with van der Waals surface area (Å²) >= 11 is 15.2. The van der Waals surface area contributed by atoms with Crippen molar-refractivity contribution in [2.75, 3.05) is 0 Å². The zero-order chi connectivity index (χ0) is 10.3. The zero-order valence-electron chi connectivity index (χ0n) is 6.81. The standard InChI is InChI=1S/C8H5BrCl2N2O/c9-3-1-4-8(7(11)6(3)10)13-5(2-14)12-4/h1,14H,2H2,(H,12,13). The molecule has 0 unspecified atom stereocenters. The summed E-state index contributed by atoms with van der Waals surface area (Å²) in [5.41, 5.74) is 1.32. The number of aromatic amines is 1. The van der Waals surface area contributed by atoms with Gasteiger partial charge in [0.05, 0.1) is 21.1 Å². The first-order valence-corrected chi connectivity index (χ1v) is 5.31. The summed E-state index contributed by atoms with van der Waals surface area (Å²) in [5, 5.41) is 9.73. The van der Waals surface area contributed by atoms with E-state index in [1.54, 1.807) is 6.07 Å². The number of aliphatic hydroxyl groups excluding tert-OH is 1. The Balaban J connectivity index is 2.81. The lowest BCUT2D eigenvalue weighted by molar-refractivity contribution is 0.273. The molecule has 0 fully saturated rings. The fourth-order valence-electron chi connectivity index (χ4n) is 1.18. The average molecular weight is 296 g/mol. The third-order valence-electron chi connectivity index (χ3n) is 1.82. The van der Waals surface area contributed by atoms with Crippen molar-refractivity contribution in [3.05, 3.63) is 26.4 Å². The quantitative estimate of drug-likeness (QED) is 0.794. The van der Waals surface area contributed by atoms with Gasteiger partial charge in [-0.1, -0.05) is 23.2 Å². The van der Waals surface area contributed by atoms with Crippen molar-refractivity contribution in [2.24, 2.45) is 0 Å². The molecule has 6 heteroatoms. The number of fused-ring (bicyclic) bond motifs is 1. The van der Waals surface area contributed by atoms with Crippen LogP contribution in [0.3, 0.4) is 0 Å². The van der Waals surface area contributed by atoms with E-state index in [0.717, 1.165) is 0 Å². The summed E-state index contributed by atoms with van der Waals surface area (Å²) in [6.07, 6.45) is 0. The first-order chi connectivity index (χ1) is 6.63. The van der Waals surface area contributed by atoms with E-state index in [9.17, 15) is 0 Å².